The lowest BCUT2D eigenvalue weighted by Crippen LogP contribution is -2.12. The Morgan fingerprint density at radius 3 is 2.46 bits per heavy atom. The number of anilines is 1. The molecule has 3 aromatic rings. The van der Waals surface area contributed by atoms with Gasteiger partial charge in [-0.2, -0.15) is 0 Å². The summed E-state index contributed by atoms with van der Waals surface area (Å²) in [6.07, 6.45) is 0.423. The van der Waals surface area contributed by atoms with Crippen LogP contribution in [0.3, 0.4) is 0 Å². The zero-order valence-corrected chi connectivity index (χ0v) is 14.3. The Hall–Kier alpha value is -3.09. The minimum Gasteiger partial charge on any atom is -0.407 e. The van der Waals surface area contributed by atoms with E-state index in [4.69, 9.17) is 4.42 Å². The van der Waals surface area contributed by atoms with Gasteiger partial charge in [0.15, 0.2) is 11.6 Å². The molecule has 2 aromatic carbocycles. The summed E-state index contributed by atoms with van der Waals surface area (Å²) in [5, 5.41) is 10.00. The Morgan fingerprint density at radius 1 is 1.08 bits per heavy atom. The summed E-state index contributed by atoms with van der Waals surface area (Å²) < 4.78 is 31.5. The predicted octanol–water partition coefficient (Wildman–Crippen LogP) is 4.31. The van der Waals surface area contributed by atoms with Crippen molar-refractivity contribution in [3.63, 3.8) is 0 Å². The first-order valence-corrected chi connectivity index (χ1v) is 8.10. The molecule has 0 aliphatic rings. The van der Waals surface area contributed by atoms with Crippen LogP contribution in [0.25, 0.3) is 0 Å². The summed E-state index contributed by atoms with van der Waals surface area (Å²) in [6, 6.07) is 10.8. The van der Waals surface area contributed by atoms with Crippen LogP contribution in [-0.2, 0) is 6.42 Å². The Labute approximate surface area is 149 Å². The molecule has 1 heterocycles. The minimum absolute atomic E-state index is 0.0482. The average molecular weight is 357 g/mol. The lowest BCUT2D eigenvalue weighted by Gasteiger charge is -2.05. The number of nitrogens with one attached hydrogen (secondary N) is 1. The molecule has 0 spiro atoms. The van der Waals surface area contributed by atoms with Crippen molar-refractivity contribution in [3.8, 4) is 0 Å². The number of nitrogens with zero attached hydrogens (tertiary/aromatic N) is 2. The molecular formula is C19H17F2N3O2. The van der Waals surface area contributed by atoms with Gasteiger partial charge in [0.05, 0.1) is 6.42 Å². The Bertz CT molecular complexity index is 921. The topological polar surface area (TPSA) is 68.0 Å². The van der Waals surface area contributed by atoms with Gasteiger partial charge >= 0.3 is 6.01 Å². The Morgan fingerprint density at radius 2 is 1.81 bits per heavy atom. The van der Waals surface area contributed by atoms with Gasteiger partial charge in [-0.05, 0) is 35.2 Å². The van der Waals surface area contributed by atoms with Crippen LogP contribution >= 0.6 is 0 Å². The molecule has 1 amide bonds. The Kier molecular flexibility index (Phi) is 5.06. The van der Waals surface area contributed by atoms with Crippen LogP contribution in [0.4, 0.5) is 14.8 Å². The first-order valence-electron chi connectivity index (χ1n) is 8.10. The van der Waals surface area contributed by atoms with E-state index in [2.05, 4.69) is 29.4 Å². The van der Waals surface area contributed by atoms with Gasteiger partial charge in [0.25, 0.3) is 5.91 Å². The lowest BCUT2D eigenvalue weighted by atomic mass is 10.0. The summed E-state index contributed by atoms with van der Waals surface area (Å²) in [5.41, 5.74) is 2.18. The van der Waals surface area contributed by atoms with Crippen LogP contribution in [0.1, 0.15) is 47.1 Å². The molecule has 3 rings (SSSR count). The second kappa shape index (κ2) is 7.43. The maximum atomic E-state index is 13.2. The van der Waals surface area contributed by atoms with Crippen molar-refractivity contribution in [2.75, 3.05) is 5.32 Å². The van der Waals surface area contributed by atoms with Gasteiger partial charge in [-0.25, -0.2) is 8.78 Å². The third-order valence-electron chi connectivity index (χ3n) is 3.87. The van der Waals surface area contributed by atoms with Gasteiger partial charge in [0.1, 0.15) is 0 Å². The molecule has 0 radical (unpaired) electrons. The molecule has 0 aliphatic carbocycles. The second-order valence-electron chi connectivity index (χ2n) is 6.16. The number of benzene rings is 2. The molecule has 0 aliphatic heterocycles. The fraction of sp³-hybridized carbons (Fsp3) is 0.211. The van der Waals surface area contributed by atoms with Gasteiger partial charge < -0.3 is 4.42 Å². The van der Waals surface area contributed by atoms with E-state index in [1.807, 2.05) is 24.3 Å². The zero-order valence-electron chi connectivity index (χ0n) is 14.3. The van der Waals surface area contributed by atoms with E-state index in [1.165, 1.54) is 11.6 Å². The average Bonchev–Trinajstić information content (AvgIpc) is 3.04. The molecule has 1 N–H and O–H groups in total. The number of halogens is 2. The first-order chi connectivity index (χ1) is 12.4. The van der Waals surface area contributed by atoms with Crippen LogP contribution < -0.4 is 5.32 Å². The minimum atomic E-state index is -1.10. The van der Waals surface area contributed by atoms with E-state index in [9.17, 15) is 13.6 Å². The van der Waals surface area contributed by atoms with Gasteiger partial charge in [-0.1, -0.05) is 43.2 Å². The van der Waals surface area contributed by atoms with E-state index in [-0.39, 0.29) is 11.6 Å². The quantitative estimate of drug-likeness (QED) is 0.739. The third kappa shape index (κ3) is 4.11. The molecule has 5 nitrogen and oxygen atoms in total. The number of hydrogen-bond donors (Lipinski definition) is 1. The zero-order chi connectivity index (χ0) is 18.7. The third-order valence-corrected chi connectivity index (χ3v) is 3.87. The van der Waals surface area contributed by atoms with E-state index in [0.717, 1.165) is 17.7 Å². The molecule has 0 saturated carbocycles. The first kappa shape index (κ1) is 17.7. The highest BCUT2D eigenvalue weighted by Crippen LogP contribution is 2.17. The molecule has 0 bridgehead atoms. The summed E-state index contributed by atoms with van der Waals surface area (Å²) >= 11 is 0. The molecular weight excluding hydrogens is 340 g/mol. The molecule has 0 atom stereocenters. The lowest BCUT2D eigenvalue weighted by molar-refractivity contribution is 0.102. The molecule has 0 saturated heterocycles. The SMILES string of the molecule is CC(C)c1ccc(Cc2nnc(NC(=O)c3ccc(F)c(F)c3)o2)cc1. The smallest absolute Gasteiger partial charge is 0.322 e. The molecule has 1 aromatic heterocycles. The highest BCUT2D eigenvalue weighted by atomic mass is 19.2. The summed E-state index contributed by atoms with van der Waals surface area (Å²) in [5.74, 6) is -2.01. The van der Waals surface area contributed by atoms with Crippen molar-refractivity contribution in [1.82, 2.24) is 10.2 Å². The molecule has 134 valence electrons. The van der Waals surface area contributed by atoms with Gasteiger partial charge in [-0.3, -0.25) is 10.1 Å². The number of carbonyl (C=O) groups excluding carboxylic acids is 1. The number of carbonyl (C=O) groups is 1. The number of aromatic nitrogens is 2. The van der Waals surface area contributed by atoms with E-state index in [1.54, 1.807) is 0 Å². The van der Waals surface area contributed by atoms with Crippen LogP contribution in [0, 0.1) is 11.6 Å². The van der Waals surface area contributed by atoms with Crippen molar-refractivity contribution >= 4 is 11.9 Å². The van der Waals surface area contributed by atoms with Crippen LogP contribution in [0.15, 0.2) is 46.9 Å². The van der Waals surface area contributed by atoms with E-state index < -0.39 is 17.5 Å². The largest absolute Gasteiger partial charge is 0.407 e. The summed E-state index contributed by atoms with van der Waals surface area (Å²) in [6.45, 7) is 4.24. The van der Waals surface area contributed by atoms with Crippen molar-refractivity contribution in [3.05, 3.63) is 76.7 Å². The van der Waals surface area contributed by atoms with Crippen LogP contribution in [-0.4, -0.2) is 16.1 Å². The molecule has 26 heavy (non-hydrogen) atoms. The summed E-state index contributed by atoms with van der Waals surface area (Å²) in [4.78, 5) is 12.0. The van der Waals surface area contributed by atoms with E-state index >= 15 is 0 Å². The number of hydrogen-bond acceptors (Lipinski definition) is 4. The van der Waals surface area contributed by atoms with Gasteiger partial charge in [0.2, 0.25) is 5.89 Å². The van der Waals surface area contributed by atoms with Crippen molar-refractivity contribution < 1.29 is 18.0 Å². The van der Waals surface area contributed by atoms with Crippen molar-refractivity contribution in [1.29, 1.82) is 0 Å². The van der Waals surface area contributed by atoms with Crippen LogP contribution in [0.2, 0.25) is 0 Å². The highest BCUT2D eigenvalue weighted by Gasteiger charge is 2.14. The number of rotatable bonds is 5. The second-order valence-corrected chi connectivity index (χ2v) is 6.16. The van der Waals surface area contributed by atoms with Crippen molar-refractivity contribution in [2.45, 2.75) is 26.2 Å². The highest BCUT2D eigenvalue weighted by molar-refractivity contribution is 6.03. The monoisotopic (exact) mass is 357 g/mol. The predicted molar refractivity (Wildman–Crippen MR) is 91.9 cm³/mol. The molecule has 0 fully saturated rings. The van der Waals surface area contributed by atoms with E-state index in [0.29, 0.717) is 18.2 Å². The molecule has 0 unspecified atom stereocenters. The van der Waals surface area contributed by atoms with Crippen LogP contribution in [0.5, 0.6) is 0 Å². The normalized spacial score (nSPS) is 11.0. The number of amides is 1. The standard InChI is InChI=1S/C19H17F2N3O2/c1-11(2)13-5-3-12(4-6-13)9-17-23-24-19(26-17)22-18(25)14-7-8-15(20)16(21)10-14/h3-8,10-11H,9H2,1-2H3,(H,22,24,25). The van der Waals surface area contributed by atoms with Gasteiger partial charge in [-0.15, -0.1) is 5.10 Å². The maximum absolute atomic E-state index is 13.2. The fourth-order valence-corrected chi connectivity index (χ4v) is 2.38. The van der Waals surface area contributed by atoms with Crippen molar-refractivity contribution in [2.24, 2.45) is 0 Å². The summed E-state index contributed by atoms with van der Waals surface area (Å²) in [7, 11) is 0. The maximum Gasteiger partial charge on any atom is 0.322 e. The molecule has 7 heteroatoms. The van der Waals surface area contributed by atoms with Gasteiger partial charge in [0, 0.05) is 5.56 Å². The Balaban J connectivity index is 1.65. The fourth-order valence-electron chi connectivity index (χ4n) is 2.38.